The van der Waals surface area contributed by atoms with E-state index in [1.54, 1.807) is 0 Å². The van der Waals surface area contributed by atoms with Gasteiger partial charge < -0.3 is 4.52 Å². The predicted molar refractivity (Wildman–Crippen MR) is 71.7 cm³/mol. The second kappa shape index (κ2) is 5.77. The molecule has 6 nitrogen and oxygen atoms in total. The van der Waals surface area contributed by atoms with E-state index in [2.05, 4.69) is 24.5 Å². The molecule has 3 rings (SSSR count). The van der Waals surface area contributed by atoms with Crippen molar-refractivity contribution in [3.8, 4) is 0 Å². The van der Waals surface area contributed by atoms with Gasteiger partial charge in [0.2, 0.25) is 0 Å². The van der Waals surface area contributed by atoms with E-state index in [4.69, 9.17) is 4.52 Å². The highest BCUT2D eigenvalue weighted by molar-refractivity contribution is 7.05. The van der Waals surface area contributed by atoms with Crippen molar-refractivity contribution < 1.29 is 4.52 Å². The molecule has 1 fully saturated rings. The molecule has 0 aromatic carbocycles. The third-order valence-electron chi connectivity index (χ3n) is 3.31. The highest BCUT2D eigenvalue weighted by atomic mass is 32.1. The summed E-state index contributed by atoms with van der Waals surface area (Å²) in [7, 11) is 0. The van der Waals surface area contributed by atoms with E-state index in [9.17, 15) is 0 Å². The molecule has 0 bridgehead atoms. The van der Waals surface area contributed by atoms with E-state index in [0.717, 1.165) is 50.7 Å². The minimum absolute atomic E-state index is 0.881. The lowest BCUT2D eigenvalue weighted by molar-refractivity contribution is 0.120. The van der Waals surface area contributed by atoms with Crippen molar-refractivity contribution in [3.63, 3.8) is 0 Å². The quantitative estimate of drug-likeness (QED) is 0.837. The second-order valence-corrected chi connectivity index (χ2v) is 5.74. The molecule has 102 valence electrons. The maximum absolute atomic E-state index is 5.10. The molecule has 1 aliphatic rings. The molecule has 0 unspecified atom stereocenters. The van der Waals surface area contributed by atoms with Crippen molar-refractivity contribution in [2.24, 2.45) is 0 Å². The molecule has 1 saturated heterocycles. The first kappa shape index (κ1) is 12.7. The minimum Gasteiger partial charge on any atom is -0.361 e. The third-order valence-corrected chi connectivity index (χ3v) is 3.96. The molecule has 0 atom stereocenters. The molecular formula is C12H17N5OS. The average Bonchev–Trinajstić information content (AvgIpc) is 3.04. The molecule has 2 aromatic heterocycles. The standard InChI is InChI=1S/C12H17N5OS/c1-10-6-11(14-18-10)8-16-2-4-17(5-3-16)9-12-7-13-15-19-12/h6-7H,2-5,8-9H2,1H3. The molecule has 0 spiro atoms. The summed E-state index contributed by atoms with van der Waals surface area (Å²) in [5.41, 5.74) is 1.03. The molecule has 0 N–H and O–H groups in total. The lowest BCUT2D eigenvalue weighted by atomic mass is 10.2. The Labute approximate surface area is 116 Å². The van der Waals surface area contributed by atoms with Crippen molar-refractivity contribution in [1.29, 1.82) is 0 Å². The van der Waals surface area contributed by atoms with E-state index >= 15 is 0 Å². The first-order chi connectivity index (χ1) is 9.29. The SMILES string of the molecule is Cc1cc(CN2CCN(Cc3cnns3)CC2)no1. The van der Waals surface area contributed by atoms with Crippen LogP contribution in [0, 0.1) is 6.92 Å². The van der Waals surface area contributed by atoms with E-state index in [-0.39, 0.29) is 0 Å². The topological polar surface area (TPSA) is 58.3 Å². The summed E-state index contributed by atoms with van der Waals surface area (Å²) < 4.78 is 8.99. The van der Waals surface area contributed by atoms with Gasteiger partial charge in [0, 0.05) is 45.3 Å². The Bertz CT molecular complexity index is 504. The van der Waals surface area contributed by atoms with Gasteiger partial charge in [-0.2, -0.15) is 0 Å². The van der Waals surface area contributed by atoms with E-state index in [0.29, 0.717) is 0 Å². The van der Waals surface area contributed by atoms with Gasteiger partial charge in [-0.15, -0.1) is 5.10 Å². The molecule has 0 aliphatic carbocycles. The number of aromatic nitrogens is 3. The summed E-state index contributed by atoms with van der Waals surface area (Å²) in [5.74, 6) is 0.881. The molecule has 3 heterocycles. The largest absolute Gasteiger partial charge is 0.361 e. The number of hydrogen-bond donors (Lipinski definition) is 0. The lowest BCUT2D eigenvalue weighted by Crippen LogP contribution is -2.45. The van der Waals surface area contributed by atoms with Crippen molar-refractivity contribution >= 4 is 11.5 Å². The van der Waals surface area contributed by atoms with Gasteiger partial charge in [-0.3, -0.25) is 9.80 Å². The number of aryl methyl sites for hydroxylation is 1. The highest BCUT2D eigenvalue weighted by Gasteiger charge is 2.18. The zero-order valence-electron chi connectivity index (χ0n) is 10.9. The molecule has 0 radical (unpaired) electrons. The summed E-state index contributed by atoms with van der Waals surface area (Å²) in [4.78, 5) is 6.10. The molecule has 0 saturated carbocycles. The number of piperazine rings is 1. The first-order valence-electron chi connectivity index (χ1n) is 6.43. The van der Waals surface area contributed by atoms with Crippen molar-refractivity contribution in [2.45, 2.75) is 20.0 Å². The monoisotopic (exact) mass is 279 g/mol. The Morgan fingerprint density at radius 2 is 1.95 bits per heavy atom. The van der Waals surface area contributed by atoms with Crippen LogP contribution in [0.2, 0.25) is 0 Å². The van der Waals surface area contributed by atoms with Crippen LogP contribution in [0.5, 0.6) is 0 Å². The second-order valence-electron chi connectivity index (χ2n) is 4.87. The van der Waals surface area contributed by atoms with E-state index in [1.807, 2.05) is 19.2 Å². The maximum atomic E-state index is 5.10. The number of hydrogen-bond acceptors (Lipinski definition) is 7. The van der Waals surface area contributed by atoms with Crippen LogP contribution < -0.4 is 0 Å². The van der Waals surface area contributed by atoms with Crippen LogP contribution in [0.3, 0.4) is 0 Å². The van der Waals surface area contributed by atoms with Gasteiger partial charge in [0.05, 0.1) is 16.8 Å². The van der Waals surface area contributed by atoms with Crippen LogP contribution in [0.4, 0.5) is 0 Å². The Balaban J connectivity index is 1.46. The predicted octanol–water partition coefficient (Wildman–Crippen LogP) is 1.15. The van der Waals surface area contributed by atoms with E-state index in [1.165, 1.54) is 16.4 Å². The van der Waals surface area contributed by atoms with Crippen LogP contribution in [0.15, 0.2) is 16.8 Å². The van der Waals surface area contributed by atoms with Gasteiger partial charge >= 0.3 is 0 Å². The van der Waals surface area contributed by atoms with Crippen LogP contribution in [0.1, 0.15) is 16.3 Å². The molecule has 7 heteroatoms. The van der Waals surface area contributed by atoms with Crippen LogP contribution >= 0.6 is 11.5 Å². The fraction of sp³-hybridized carbons (Fsp3) is 0.583. The lowest BCUT2D eigenvalue weighted by Gasteiger charge is -2.33. The minimum atomic E-state index is 0.881. The van der Waals surface area contributed by atoms with Crippen molar-refractivity contribution in [3.05, 3.63) is 28.6 Å². The van der Waals surface area contributed by atoms with Gasteiger partial charge in [-0.1, -0.05) is 9.64 Å². The van der Waals surface area contributed by atoms with Crippen LogP contribution in [-0.2, 0) is 13.1 Å². The summed E-state index contributed by atoms with van der Waals surface area (Å²) in [6.45, 7) is 8.07. The fourth-order valence-corrected chi connectivity index (χ4v) is 2.84. The van der Waals surface area contributed by atoms with Gasteiger partial charge in [0.1, 0.15) is 5.76 Å². The van der Waals surface area contributed by atoms with Gasteiger partial charge in [0.25, 0.3) is 0 Å². The maximum Gasteiger partial charge on any atom is 0.133 e. The Kier molecular flexibility index (Phi) is 3.86. The molecule has 19 heavy (non-hydrogen) atoms. The van der Waals surface area contributed by atoms with E-state index < -0.39 is 0 Å². The zero-order chi connectivity index (χ0) is 13.1. The molecule has 2 aromatic rings. The Morgan fingerprint density at radius 1 is 1.21 bits per heavy atom. The van der Waals surface area contributed by atoms with Crippen molar-refractivity contribution in [2.75, 3.05) is 26.2 Å². The molecular weight excluding hydrogens is 262 g/mol. The Hall–Kier alpha value is -1.31. The third kappa shape index (κ3) is 3.37. The van der Waals surface area contributed by atoms with Crippen LogP contribution in [0.25, 0.3) is 0 Å². The summed E-state index contributed by atoms with van der Waals surface area (Å²) >= 11 is 1.48. The normalized spacial score (nSPS) is 17.9. The van der Waals surface area contributed by atoms with Crippen LogP contribution in [-0.4, -0.2) is 50.7 Å². The van der Waals surface area contributed by atoms with Gasteiger partial charge in [-0.25, -0.2) is 0 Å². The van der Waals surface area contributed by atoms with Gasteiger partial charge in [-0.05, 0) is 18.5 Å². The number of rotatable bonds is 4. The van der Waals surface area contributed by atoms with Gasteiger partial charge in [0.15, 0.2) is 0 Å². The smallest absolute Gasteiger partial charge is 0.133 e. The first-order valence-corrected chi connectivity index (χ1v) is 7.20. The summed E-state index contributed by atoms with van der Waals surface area (Å²) in [6.07, 6.45) is 1.86. The molecule has 1 aliphatic heterocycles. The summed E-state index contributed by atoms with van der Waals surface area (Å²) in [5, 5.41) is 7.92. The fourth-order valence-electron chi connectivity index (χ4n) is 2.30. The highest BCUT2D eigenvalue weighted by Crippen LogP contribution is 2.12. The average molecular weight is 279 g/mol. The number of nitrogens with zero attached hydrogens (tertiary/aromatic N) is 5. The zero-order valence-corrected chi connectivity index (χ0v) is 11.8. The molecule has 0 amide bonds. The summed E-state index contributed by atoms with van der Waals surface area (Å²) in [6, 6.07) is 2.01. The Morgan fingerprint density at radius 3 is 2.53 bits per heavy atom. The van der Waals surface area contributed by atoms with Crippen molar-refractivity contribution in [1.82, 2.24) is 24.5 Å².